The Morgan fingerprint density at radius 1 is 1.39 bits per heavy atom. The highest BCUT2D eigenvalue weighted by molar-refractivity contribution is 9.10. The van der Waals surface area contributed by atoms with Crippen LogP contribution in [0.15, 0.2) is 34.9 Å². The maximum Gasteiger partial charge on any atom is 0.219 e. The standard InChI is InChI=1S/C12H8BrClFNO2/c13-8-3-9(14)10(15)4-11(8)18-12-2-1-7(6-17)5-16-12/h1-5,17H,6H2. The second-order valence-corrected chi connectivity index (χ2v) is 4.72. The zero-order valence-electron chi connectivity index (χ0n) is 9.03. The van der Waals surface area contributed by atoms with Crippen LogP contribution in [0, 0.1) is 5.82 Å². The number of halogens is 3. The van der Waals surface area contributed by atoms with E-state index in [1.54, 1.807) is 12.1 Å². The van der Waals surface area contributed by atoms with Crippen LogP contribution in [0.1, 0.15) is 5.56 Å². The van der Waals surface area contributed by atoms with E-state index in [4.69, 9.17) is 21.4 Å². The summed E-state index contributed by atoms with van der Waals surface area (Å²) in [5, 5.41) is 8.89. The van der Waals surface area contributed by atoms with Crippen molar-refractivity contribution in [1.29, 1.82) is 0 Å². The molecule has 0 spiro atoms. The van der Waals surface area contributed by atoms with Crippen LogP contribution >= 0.6 is 27.5 Å². The zero-order valence-corrected chi connectivity index (χ0v) is 11.4. The number of nitrogens with zero attached hydrogens (tertiary/aromatic N) is 1. The second kappa shape index (κ2) is 5.65. The van der Waals surface area contributed by atoms with Gasteiger partial charge in [0.25, 0.3) is 0 Å². The zero-order chi connectivity index (χ0) is 13.1. The molecule has 0 saturated heterocycles. The average molecular weight is 333 g/mol. The Morgan fingerprint density at radius 2 is 2.17 bits per heavy atom. The Bertz CT molecular complexity index is 563. The van der Waals surface area contributed by atoms with Crippen LogP contribution in [0.5, 0.6) is 11.6 Å². The molecule has 1 heterocycles. The van der Waals surface area contributed by atoms with Gasteiger partial charge in [0.15, 0.2) is 0 Å². The molecule has 0 atom stereocenters. The lowest BCUT2D eigenvalue weighted by molar-refractivity contribution is 0.281. The molecule has 2 rings (SSSR count). The number of hydrogen-bond donors (Lipinski definition) is 1. The molecule has 1 aromatic carbocycles. The Kier molecular flexibility index (Phi) is 4.16. The van der Waals surface area contributed by atoms with Crippen molar-refractivity contribution in [3.05, 3.63) is 51.3 Å². The number of aromatic nitrogens is 1. The number of hydrogen-bond acceptors (Lipinski definition) is 3. The minimum atomic E-state index is -0.568. The fourth-order valence-corrected chi connectivity index (χ4v) is 1.98. The maximum atomic E-state index is 13.3. The molecular formula is C12H8BrClFNO2. The average Bonchev–Trinajstić information content (AvgIpc) is 2.37. The fourth-order valence-electron chi connectivity index (χ4n) is 1.26. The highest BCUT2D eigenvalue weighted by Crippen LogP contribution is 2.33. The molecule has 18 heavy (non-hydrogen) atoms. The van der Waals surface area contributed by atoms with E-state index in [0.29, 0.717) is 15.9 Å². The van der Waals surface area contributed by atoms with E-state index in [-0.39, 0.29) is 17.4 Å². The van der Waals surface area contributed by atoms with E-state index in [9.17, 15) is 4.39 Å². The first-order valence-electron chi connectivity index (χ1n) is 4.98. The number of pyridine rings is 1. The Labute approximate surface area is 116 Å². The van der Waals surface area contributed by atoms with Crippen LogP contribution < -0.4 is 4.74 Å². The van der Waals surface area contributed by atoms with Crippen molar-refractivity contribution in [3.63, 3.8) is 0 Å². The molecular weight excluding hydrogens is 324 g/mol. The Hall–Kier alpha value is -1.17. The van der Waals surface area contributed by atoms with E-state index >= 15 is 0 Å². The van der Waals surface area contributed by atoms with Crippen LogP contribution in [0.2, 0.25) is 5.02 Å². The first kappa shape index (κ1) is 13.3. The number of benzene rings is 1. The minimum absolute atomic E-state index is 0.0119. The van der Waals surface area contributed by atoms with Gasteiger partial charge in [0.2, 0.25) is 5.88 Å². The molecule has 1 N–H and O–H groups in total. The van der Waals surface area contributed by atoms with E-state index < -0.39 is 5.82 Å². The summed E-state index contributed by atoms with van der Waals surface area (Å²) < 4.78 is 19.2. The summed E-state index contributed by atoms with van der Waals surface area (Å²) >= 11 is 8.85. The number of ether oxygens (including phenoxy) is 1. The molecule has 0 radical (unpaired) electrons. The topological polar surface area (TPSA) is 42.4 Å². The van der Waals surface area contributed by atoms with Crippen molar-refractivity contribution in [2.24, 2.45) is 0 Å². The van der Waals surface area contributed by atoms with E-state index in [0.717, 1.165) is 0 Å². The van der Waals surface area contributed by atoms with Gasteiger partial charge in [-0.05, 0) is 33.6 Å². The molecule has 0 aliphatic rings. The van der Waals surface area contributed by atoms with Crippen LogP contribution in [0.4, 0.5) is 4.39 Å². The van der Waals surface area contributed by atoms with Crippen molar-refractivity contribution in [3.8, 4) is 11.6 Å². The van der Waals surface area contributed by atoms with Crippen LogP contribution in [-0.4, -0.2) is 10.1 Å². The molecule has 0 amide bonds. The van der Waals surface area contributed by atoms with Crippen LogP contribution in [-0.2, 0) is 6.61 Å². The Balaban J connectivity index is 2.25. The normalized spacial score (nSPS) is 10.4. The van der Waals surface area contributed by atoms with Crippen LogP contribution in [0.25, 0.3) is 0 Å². The largest absolute Gasteiger partial charge is 0.438 e. The minimum Gasteiger partial charge on any atom is -0.438 e. The summed E-state index contributed by atoms with van der Waals surface area (Å²) in [6.07, 6.45) is 1.48. The van der Waals surface area contributed by atoms with Gasteiger partial charge in [-0.3, -0.25) is 0 Å². The molecule has 2 aromatic rings. The van der Waals surface area contributed by atoms with Crippen molar-refractivity contribution in [2.75, 3.05) is 0 Å². The van der Waals surface area contributed by atoms with Crippen molar-refractivity contribution >= 4 is 27.5 Å². The second-order valence-electron chi connectivity index (χ2n) is 3.46. The molecule has 0 saturated carbocycles. The lowest BCUT2D eigenvalue weighted by Crippen LogP contribution is -1.92. The summed E-state index contributed by atoms with van der Waals surface area (Å²) in [5.41, 5.74) is 0.670. The van der Waals surface area contributed by atoms with Crippen LogP contribution in [0.3, 0.4) is 0 Å². The third kappa shape index (κ3) is 2.98. The van der Waals surface area contributed by atoms with Crippen molar-refractivity contribution in [1.82, 2.24) is 4.98 Å². The Morgan fingerprint density at radius 3 is 2.78 bits per heavy atom. The molecule has 0 unspecified atom stereocenters. The number of aliphatic hydroxyl groups excluding tert-OH is 1. The third-order valence-electron chi connectivity index (χ3n) is 2.17. The van der Waals surface area contributed by atoms with Gasteiger partial charge < -0.3 is 9.84 Å². The smallest absolute Gasteiger partial charge is 0.219 e. The van der Waals surface area contributed by atoms with Gasteiger partial charge in [-0.2, -0.15) is 0 Å². The highest BCUT2D eigenvalue weighted by Gasteiger charge is 2.09. The van der Waals surface area contributed by atoms with Crippen molar-refractivity contribution in [2.45, 2.75) is 6.61 Å². The van der Waals surface area contributed by atoms with Gasteiger partial charge in [-0.25, -0.2) is 9.37 Å². The highest BCUT2D eigenvalue weighted by atomic mass is 79.9. The molecule has 0 fully saturated rings. The predicted octanol–water partition coefficient (Wildman–Crippen LogP) is 3.92. The number of aliphatic hydroxyl groups is 1. The molecule has 1 aromatic heterocycles. The lowest BCUT2D eigenvalue weighted by Gasteiger charge is -2.08. The summed E-state index contributed by atoms with van der Waals surface area (Å²) in [6.45, 7) is -0.0907. The van der Waals surface area contributed by atoms with Crippen molar-refractivity contribution < 1.29 is 14.2 Å². The molecule has 0 bridgehead atoms. The maximum absolute atomic E-state index is 13.3. The van der Waals surface area contributed by atoms with E-state index in [1.165, 1.54) is 18.3 Å². The van der Waals surface area contributed by atoms with E-state index in [2.05, 4.69) is 20.9 Å². The van der Waals surface area contributed by atoms with Gasteiger partial charge >= 0.3 is 0 Å². The SMILES string of the molecule is OCc1ccc(Oc2cc(F)c(Cl)cc2Br)nc1. The molecule has 0 aliphatic carbocycles. The number of rotatable bonds is 3. The molecule has 6 heteroatoms. The quantitative estimate of drug-likeness (QED) is 0.866. The predicted molar refractivity (Wildman–Crippen MR) is 69.3 cm³/mol. The molecule has 94 valence electrons. The third-order valence-corrected chi connectivity index (χ3v) is 3.08. The fraction of sp³-hybridized carbons (Fsp3) is 0.0833. The molecule has 3 nitrogen and oxygen atoms in total. The summed E-state index contributed by atoms with van der Waals surface area (Å²) in [4.78, 5) is 3.98. The van der Waals surface area contributed by atoms with Gasteiger partial charge in [-0.1, -0.05) is 11.6 Å². The summed E-state index contributed by atoms with van der Waals surface area (Å²) in [5.74, 6) is 0.0117. The monoisotopic (exact) mass is 331 g/mol. The summed E-state index contributed by atoms with van der Waals surface area (Å²) in [6, 6.07) is 5.84. The first-order chi connectivity index (χ1) is 8.60. The summed E-state index contributed by atoms with van der Waals surface area (Å²) in [7, 11) is 0. The van der Waals surface area contributed by atoms with Gasteiger partial charge in [0.1, 0.15) is 11.6 Å². The molecule has 0 aliphatic heterocycles. The van der Waals surface area contributed by atoms with Gasteiger partial charge in [-0.15, -0.1) is 0 Å². The van der Waals surface area contributed by atoms with Gasteiger partial charge in [0, 0.05) is 18.3 Å². The van der Waals surface area contributed by atoms with Gasteiger partial charge in [0.05, 0.1) is 16.1 Å². The first-order valence-corrected chi connectivity index (χ1v) is 6.15. The van der Waals surface area contributed by atoms with E-state index in [1.807, 2.05) is 0 Å². The lowest BCUT2D eigenvalue weighted by atomic mass is 10.3.